The van der Waals surface area contributed by atoms with Crippen LogP contribution in [-0.4, -0.2) is 63.0 Å². The van der Waals surface area contributed by atoms with Crippen molar-refractivity contribution in [1.29, 1.82) is 0 Å². The van der Waals surface area contributed by atoms with Crippen LogP contribution in [0.4, 0.5) is 0 Å². The summed E-state index contributed by atoms with van der Waals surface area (Å²) >= 11 is 1.55. The Hall–Kier alpha value is -1.57. The van der Waals surface area contributed by atoms with Gasteiger partial charge in [0, 0.05) is 13.1 Å². The first-order valence-corrected chi connectivity index (χ1v) is 8.22. The number of likely N-dealkylation sites (tertiary alicyclic amines) is 1. The molecule has 1 aromatic heterocycles. The van der Waals surface area contributed by atoms with E-state index in [0.717, 1.165) is 19.4 Å². The molecule has 0 unspecified atom stereocenters. The summed E-state index contributed by atoms with van der Waals surface area (Å²) in [5.74, 6) is 2.49. The third-order valence-corrected chi connectivity index (χ3v) is 4.76. The third-order valence-electron chi connectivity index (χ3n) is 3.82. The number of nitrogens with zero attached hydrogens (tertiary/aromatic N) is 4. The summed E-state index contributed by atoms with van der Waals surface area (Å²) in [7, 11) is 0. The minimum atomic E-state index is 0.00628. The fraction of sp³-hybridized carbons (Fsp3) is 0.692. The van der Waals surface area contributed by atoms with Gasteiger partial charge in [-0.1, -0.05) is 5.16 Å². The van der Waals surface area contributed by atoms with Gasteiger partial charge in [0.25, 0.3) is 0 Å². The molecule has 2 saturated heterocycles. The summed E-state index contributed by atoms with van der Waals surface area (Å²) in [6.07, 6.45) is 1.87. The van der Waals surface area contributed by atoms with E-state index in [1.54, 1.807) is 23.6 Å². The minimum Gasteiger partial charge on any atom is -0.340 e. The zero-order valence-corrected chi connectivity index (χ0v) is 12.8. The van der Waals surface area contributed by atoms with Crippen LogP contribution in [0.5, 0.6) is 0 Å². The second-order valence-electron chi connectivity index (χ2n) is 5.43. The maximum atomic E-state index is 12.3. The lowest BCUT2D eigenvalue weighted by Crippen LogP contribution is -2.45. The van der Waals surface area contributed by atoms with Crippen LogP contribution < -0.4 is 0 Å². The first-order valence-electron chi connectivity index (χ1n) is 7.07. The third kappa shape index (κ3) is 3.20. The predicted molar refractivity (Wildman–Crippen MR) is 76.6 cm³/mol. The lowest BCUT2D eigenvalue weighted by Gasteiger charge is -2.32. The lowest BCUT2D eigenvalue weighted by atomic mass is 9.98. The van der Waals surface area contributed by atoms with Crippen molar-refractivity contribution in [2.24, 2.45) is 0 Å². The van der Waals surface area contributed by atoms with Crippen molar-refractivity contribution in [3.05, 3.63) is 11.7 Å². The molecule has 2 aliphatic heterocycles. The standard InChI is InChI=1S/C13H18N4O3S/c1-9-14-13(20-15-9)10-3-2-4-16(5-10)11(18)6-17-8-21-7-12(17)19/h10H,2-8H2,1H3/t10-/m1/s1. The number of hydrogen-bond donors (Lipinski definition) is 0. The van der Waals surface area contributed by atoms with E-state index in [2.05, 4.69) is 10.1 Å². The Morgan fingerprint density at radius 2 is 2.38 bits per heavy atom. The maximum Gasteiger partial charge on any atom is 0.242 e. The summed E-state index contributed by atoms with van der Waals surface area (Å²) in [5, 5.41) is 3.81. The average molecular weight is 310 g/mol. The summed E-state index contributed by atoms with van der Waals surface area (Å²) in [6.45, 7) is 3.30. The molecule has 0 N–H and O–H groups in total. The molecule has 0 spiro atoms. The Morgan fingerprint density at radius 3 is 3.05 bits per heavy atom. The molecule has 2 aliphatic rings. The number of thioether (sulfide) groups is 1. The largest absolute Gasteiger partial charge is 0.340 e. The van der Waals surface area contributed by atoms with Crippen LogP contribution >= 0.6 is 11.8 Å². The van der Waals surface area contributed by atoms with E-state index in [0.29, 0.717) is 29.9 Å². The summed E-state index contributed by atoms with van der Waals surface area (Å²) in [4.78, 5) is 31.6. The molecule has 1 atom stereocenters. The van der Waals surface area contributed by atoms with Crippen molar-refractivity contribution in [1.82, 2.24) is 19.9 Å². The highest BCUT2D eigenvalue weighted by Crippen LogP contribution is 2.26. The maximum absolute atomic E-state index is 12.3. The van der Waals surface area contributed by atoms with Crippen molar-refractivity contribution >= 4 is 23.6 Å². The molecule has 3 rings (SSSR count). The molecule has 1 aromatic rings. The van der Waals surface area contributed by atoms with Crippen LogP contribution in [0.25, 0.3) is 0 Å². The quantitative estimate of drug-likeness (QED) is 0.814. The molecule has 8 heteroatoms. The molecule has 0 saturated carbocycles. The number of carbonyl (C=O) groups is 2. The SMILES string of the molecule is Cc1noc([C@@H]2CCCN(C(=O)CN3CSCC3=O)C2)n1. The monoisotopic (exact) mass is 310 g/mol. The molecule has 0 radical (unpaired) electrons. The van der Waals surface area contributed by atoms with Crippen molar-refractivity contribution in [3.8, 4) is 0 Å². The van der Waals surface area contributed by atoms with Gasteiger partial charge in [-0.05, 0) is 19.8 Å². The van der Waals surface area contributed by atoms with Gasteiger partial charge in [0.05, 0.1) is 17.5 Å². The van der Waals surface area contributed by atoms with Gasteiger partial charge in [0.2, 0.25) is 17.7 Å². The normalized spacial score (nSPS) is 22.9. The molecule has 2 fully saturated rings. The van der Waals surface area contributed by atoms with Gasteiger partial charge < -0.3 is 14.3 Å². The van der Waals surface area contributed by atoms with E-state index in [1.807, 2.05) is 4.90 Å². The Balaban J connectivity index is 1.60. The van der Waals surface area contributed by atoms with E-state index in [-0.39, 0.29) is 24.3 Å². The van der Waals surface area contributed by atoms with Crippen molar-refractivity contribution in [3.63, 3.8) is 0 Å². The first kappa shape index (κ1) is 14.4. The molecule has 21 heavy (non-hydrogen) atoms. The van der Waals surface area contributed by atoms with Gasteiger partial charge in [0.1, 0.15) is 6.54 Å². The summed E-state index contributed by atoms with van der Waals surface area (Å²) in [5.41, 5.74) is 0. The number of aromatic nitrogens is 2. The smallest absolute Gasteiger partial charge is 0.242 e. The van der Waals surface area contributed by atoms with Crippen LogP contribution in [-0.2, 0) is 9.59 Å². The van der Waals surface area contributed by atoms with Crippen LogP contribution in [0, 0.1) is 6.92 Å². The Bertz CT molecular complexity index is 547. The molecule has 7 nitrogen and oxygen atoms in total. The number of hydrogen-bond acceptors (Lipinski definition) is 6. The minimum absolute atomic E-state index is 0.00628. The molecule has 0 bridgehead atoms. The van der Waals surface area contributed by atoms with Crippen LogP contribution in [0.3, 0.4) is 0 Å². The Kier molecular flexibility index (Phi) is 4.14. The van der Waals surface area contributed by atoms with Gasteiger partial charge >= 0.3 is 0 Å². The fourth-order valence-electron chi connectivity index (χ4n) is 2.69. The molecular formula is C13H18N4O3S. The highest BCUT2D eigenvalue weighted by molar-refractivity contribution is 8.00. The van der Waals surface area contributed by atoms with Gasteiger partial charge in [-0.3, -0.25) is 9.59 Å². The molecule has 2 amide bonds. The number of aryl methyl sites for hydroxylation is 1. The highest BCUT2D eigenvalue weighted by Gasteiger charge is 2.30. The van der Waals surface area contributed by atoms with Gasteiger partial charge in [0.15, 0.2) is 5.82 Å². The first-order chi connectivity index (χ1) is 10.1. The zero-order valence-electron chi connectivity index (χ0n) is 11.9. The van der Waals surface area contributed by atoms with Crippen LogP contribution in [0.1, 0.15) is 30.5 Å². The topological polar surface area (TPSA) is 79.5 Å². The summed E-state index contributed by atoms with van der Waals surface area (Å²) < 4.78 is 5.22. The van der Waals surface area contributed by atoms with E-state index >= 15 is 0 Å². The van der Waals surface area contributed by atoms with E-state index in [4.69, 9.17) is 4.52 Å². The Labute approximate surface area is 127 Å². The second kappa shape index (κ2) is 6.05. The zero-order chi connectivity index (χ0) is 14.8. The van der Waals surface area contributed by atoms with Gasteiger partial charge in [-0.25, -0.2) is 0 Å². The number of rotatable bonds is 3. The van der Waals surface area contributed by atoms with Gasteiger partial charge in [-0.15, -0.1) is 11.8 Å². The fourth-order valence-corrected chi connectivity index (χ4v) is 3.59. The van der Waals surface area contributed by atoms with E-state index in [1.165, 1.54) is 0 Å². The predicted octanol–water partition coefficient (Wildman–Crippen LogP) is 0.617. The number of carbonyl (C=O) groups excluding carboxylic acids is 2. The molecule has 0 aliphatic carbocycles. The van der Waals surface area contributed by atoms with Crippen molar-refractivity contribution in [2.75, 3.05) is 31.3 Å². The Morgan fingerprint density at radius 1 is 1.52 bits per heavy atom. The second-order valence-corrected chi connectivity index (χ2v) is 6.38. The average Bonchev–Trinajstić information content (AvgIpc) is 3.08. The van der Waals surface area contributed by atoms with Gasteiger partial charge in [-0.2, -0.15) is 4.98 Å². The van der Waals surface area contributed by atoms with E-state index in [9.17, 15) is 9.59 Å². The highest BCUT2D eigenvalue weighted by atomic mass is 32.2. The molecule has 3 heterocycles. The molecular weight excluding hydrogens is 292 g/mol. The molecule has 0 aromatic carbocycles. The van der Waals surface area contributed by atoms with E-state index < -0.39 is 0 Å². The molecule has 114 valence electrons. The van der Waals surface area contributed by atoms with Crippen LogP contribution in [0.15, 0.2) is 4.52 Å². The number of piperidine rings is 1. The van der Waals surface area contributed by atoms with Crippen molar-refractivity contribution < 1.29 is 14.1 Å². The number of amides is 2. The lowest BCUT2D eigenvalue weighted by molar-refractivity contribution is -0.138. The summed E-state index contributed by atoms with van der Waals surface area (Å²) in [6, 6.07) is 0. The van der Waals surface area contributed by atoms with Crippen molar-refractivity contribution in [2.45, 2.75) is 25.7 Å². The van der Waals surface area contributed by atoms with Crippen LogP contribution in [0.2, 0.25) is 0 Å².